The Labute approximate surface area is 119 Å². The third-order valence-electron chi connectivity index (χ3n) is 4.19. The highest BCUT2D eigenvalue weighted by molar-refractivity contribution is 7.99. The van der Waals surface area contributed by atoms with Gasteiger partial charge in [-0.25, -0.2) is 0 Å². The van der Waals surface area contributed by atoms with Gasteiger partial charge in [-0.05, 0) is 30.9 Å². The second-order valence-electron chi connectivity index (χ2n) is 5.59. The molecule has 1 fully saturated rings. The van der Waals surface area contributed by atoms with E-state index in [-0.39, 0.29) is 0 Å². The zero-order chi connectivity index (χ0) is 13.1. The number of para-hydroxylation sites is 1. The van der Waals surface area contributed by atoms with Crippen LogP contribution in [0.4, 0.5) is 0 Å². The van der Waals surface area contributed by atoms with Gasteiger partial charge in [0, 0.05) is 22.7 Å². The molecule has 2 nitrogen and oxygen atoms in total. The lowest BCUT2D eigenvalue weighted by atomic mass is 9.85. The number of hydrogen-bond acceptors (Lipinski definition) is 2. The van der Waals surface area contributed by atoms with Gasteiger partial charge in [0.15, 0.2) is 0 Å². The maximum absolute atomic E-state index is 6.36. The maximum atomic E-state index is 6.36. The Morgan fingerprint density at radius 2 is 2.00 bits per heavy atom. The van der Waals surface area contributed by atoms with Gasteiger partial charge in [0.1, 0.15) is 0 Å². The summed E-state index contributed by atoms with van der Waals surface area (Å²) in [7, 11) is 0. The molecule has 3 rings (SSSR count). The summed E-state index contributed by atoms with van der Waals surface area (Å²) in [5.74, 6) is 1.77. The molecule has 1 unspecified atom stereocenters. The van der Waals surface area contributed by atoms with Crippen LogP contribution in [-0.4, -0.2) is 16.8 Å². The molecule has 0 aliphatic heterocycles. The minimum atomic E-state index is 0.344. The van der Waals surface area contributed by atoms with Gasteiger partial charge in [-0.2, -0.15) is 0 Å². The van der Waals surface area contributed by atoms with Crippen molar-refractivity contribution in [3.05, 3.63) is 30.3 Å². The molecule has 0 bridgehead atoms. The summed E-state index contributed by atoms with van der Waals surface area (Å²) in [4.78, 5) is 3.46. The predicted octanol–water partition coefficient (Wildman–Crippen LogP) is 4.17. The number of H-pyrrole nitrogens is 1. The number of thioether (sulfide) groups is 1. The number of aromatic nitrogens is 1. The molecule has 1 aliphatic carbocycles. The molecular formula is C16H22N2S. The molecule has 0 spiro atoms. The summed E-state index contributed by atoms with van der Waals surface area (Å²) in [5, 5.41) is 2.53. The minimum absolute atomic E-state index is 0.344. The van der Waals surface area contributed by atoms with Crippen LogP contribution in [0.25, 0.3) is 10.9 Å². The smallest absolute Gasteiger partial charge is 0.0733 e. The van der Waals surface area contributed by atoms with Crippen LogP contribution in [0.1, 0.15) is 32.1 Å². The van der Waals surface area contributed by atoms with E-state index in [0.717, 1.165) is 11.7 Å². The second-order valence-corrected chi connectivity index (χ2v) is 6.66. The first-order valence-electron chi connectivity index (χ1n) is 7.29. The standard InChI is InChI=1S/C16H22N2S/c17-14(12-6-2-1-3-7-12)11-19-16-10-13-8-4-5-9-15(13)18-16/h4-5,8-10,12,14,18H,1-3,6-7,11,17H2. The van der Waals surface area contributed by atoms with E-state index in [2.05, 4.69) is 35.3 Å². The Balaban J connectivity index is 1.58. The van der Waals surface area contributed by atoms with Crippen molar-refractivity contribution < 1.29 is 0 Å². The summed E-state index contributed by atoms with van der Waals surface area (Å²) in [6.45, 7) is 0. The van der Waals surface area contributed by atoms with E-state index < -0.39 is 0 Å². The molecule has 0 radical (unpaired) electrons. The highest BCUT2D eigenvalue weighted by atomic mass is 32.2. The summed E-state index contributed by atoms with van der Waals surface area (Å²) in [5.41, 5.74) is 7.57. The lowest BCUT2D eigenvalue weighted by Gasteiger charge is -2.27. The third-order valence-corrected chi connectivity index (χ3v) is 5.27. The average molecular weight is 274 g/mol. The molecule has 1 saturated carbocycles. The van der Waals surface area contributed by atoms with Crippen molar-refractivity contribution in [1.29, 1.82) is 0 Å². The van der Waals surface area contributed by atoms with Crippen molar-refractivity contribution in [1.82, 2.24) is 4.98 Å². The molecule has 2 aromatic rings. The highest BCUT2D eigenvalue weighted by Gasteiger charge is 2.20. The Morgan fingerprint density at radius 1 is 1.21 bits per heavy atom. The van der Waals surface area contributed by atoms with Crippen molar-refractivity contribution in [2.45, 2.75) is 43.2 Å². The van der Waals surface area contributed by atoms with Crippen LogP contribution in [0.3, 0.4) is 0 Å². The van der Waals surface area contributed by atoms with Crippen LogP contribution in [0, 0.1) is 5.92 Å². The van der Waals surface area contributed by atoms with E-state index in [1.807, 2.05) is 11.8 Å². The number of benzene rings is 1. The fourth-order valence-corrected chi connectivity index (χ4v) is 4.05. The van der Waals surface area contributed by atoms with Crippen molar-refractivity contribution >= 4 is 22.7 Å². The summed E-state index contributed by atoms with van der Waals surface area (Å²) < 4.78 is 0. The first-order valence-corrected chi connectivity index (χ1v) is 8.27. The van der Waals surface area contributed by atoms with Crippen LogP contribution in [0.2, 0.25) is 0 Å². The van der Waals surface area contributed by atoms with Gasteiger partial charge in [0.25, 0.3) is 0 Å². The fraction of sp³-hybridized carbons (Fsp3) is 0.500. The molecule has 1 aliphatic rings. The average Bonchev–Trinajstić information content (AvgIpc) is 2.88. The maximum Gasteiger partial charge on any atom is 0.0733 e. The largest absolute Gasteiger partial charge is 0.350 e. The third kappa shape index (κ3) is 3.15. The van der Waals surface area contributed by atoms with Gasteiger partial charge in [-0.3, -0.25) is 0 Å². The molecule has 19 heavy (non-hydrogen) atoms. The summed E-state index contributed by atoms with van der Waals surface area (Å²) in [6.07, 6.45) is 6.80. The van der Waals surface area contributed by atoms with E-state index in [1.54, 1.807) is 0 Å². The molecule has 1 heterocycles. The molecule has 102 valence electrons. The molecule has 1 aromatic carbocycles. The van der Waals surface area contributed by atoms with E-state index in [9.17, 15) is 0 Å². The molecule has 0 saturated heterocycles. The zero-order valence-electron chi connectivity index (χ0n) is 11.3. The van der Waals surface area contributed by atoms with Crippen LogP contribution in [-0.2, 0) is 0 Å². The van der Waals surface area contributed by atoms with E-state index in [1.165, 1.54) is 48.0 Å². The second kappa shape index (κ2) is 6.02. The predicted molar refractivity (Wildman–Crippen MR) is 83.6 cm³/mol. The van der Waals surface area contributed by atoms with Crippen LogP contribution in [0.15, 0.2) is 35.4 Å². The highest BCUT2D eigenvalue weighted by Crippen LogP contribution is 2.29. The van der Waals surface area contributed by atoms with E-state index in [0.29, 0.717) is 6.04 Å². The number of nitrogens with two attached hydrogens (primary N) is 1. The number of nitrogens with one attached hydrogen (secondary N) is 1. The topological polar surface area (TPSA) is 41.8 Å². The Bertz CT molecular complexity index is 495. The van der Waals surface area contributed by atoms with Crippen molar-refractivity contribution in [2.24, 2.45) is 11.7 Å². The Hall–Kier alpha value is -0.930. The first-order chi connectivity index (χ1) is 9.33. The molecule has 0 amide bonds. The minimum Gasteiger partial charge on any atom is -0.350 e. The quantitative estimate of drug-likeness (QED) is 0.822. The van der Waals surface area contributed by atoms with Gasteiger partial charge in [-0.1, -0.05) is 37.5 Å². The fourth-order valence-electron chi connectivity index (χ4n) is 3.01. The van der Waals surface area contributed by atoms with Gasteiger partial charge in [-0.15, -0.1) is 11.8 Å². The molecule has 3 N–H and O–H groups in total. The number of rotatable bonds is 4. The summed E-state index contributed by atoms with van der Waals surface area (Å²) >= 11 is 1.87. The molecule has 3 heteroatoms. The molecule has 1 atom stereocenters. The summed E-state index contributed by atoms with van der Waals surface area (Å²) in [6, 6.07) is 11.0. The molecule has 1 aromatic heterocycles. The molecular weight excluding hydrogens is 252 g/mol. The number of fused-ring (bicyclic) bond motifs is 1. The van der Waals surface area contributed by atoms with Crippen molar-refractivity contribution in [3.63, 3.8) is 0 Å². The Morgan fingerprint density at radius 3 is 2.79 bits per heavy atom. The first kappa shape index (κ1) is 13.1. The monoisotopic (exact) mass is 274 g/mol. The van der Waals surface area contributed by atoms with Gasteiger partial charge < -0.3 is 10.7 Å². The lowest BCUT2D eigenvalue weighted by Crippen LogP contribution is -2.33. The number of hydrogen-bond donors (Lipinski definition) is 2. The van der Waals surface area contributed by atoms with E-state index in [4.69, 9.17) is 5.73 Å². The van der Waals surface area contributed by atoms with Crippen molar-refractivity contribution in [2.75, 3.05) is 5.75 Å². The number of aromatic amines is 1. The van der Waals surface area contributed by atoms with Gasteiger partial charge in [0.05, 0.1) is 5.03 Å². The zero-order valence-corrected chi connectivity index (χ0v) is 12.1. The van der Waals surface area contributed by atoms with Crippen LogP contribution in [0.5, 0.6) is 0 Å². The van der Waals surface area contributed by atoms with Gasteiger partial charge >= 0.3 is 0 Å². The van der Waals surface area contributed by atoms with E-state index >= 15 is 0 Å². The lowest BCUT2D eigenvalue weighted by molar-refractivity contribution is 0.319. The van der Waals surface area contributed by atoms with Gasteiger partial charge in [0.2, 0.25) is 0 Å². The van der Waals surface area contributed by atoms with Crippen LogP contribution >= 0.6 is 11.8 Å². The SMILES string of the molecule is NC(CSc1cc2ccccc2[nH]1)C1CCCCC1. The van der Waals surface area contributed by atoms with Crippen molar-refractivity contribution in [3.8, 4) is 0 Å². The Kier molecular flexibility index (Phi) is 4.14. The van der Waals surface area contributed by atoms with Crippen LogP contribution < -0.4 is 5.73 Å². The normalized spacial score (nSPS) is 18.8.